The number of nitrogens with zero attached hydrogens (tertiary/aromatic N) is 6. The number of hydrogen-bond donors (Lipinski definition) is 1. The van der Waals surface area contributed by atoms with Crippen molar-refractivity contribution in [1.29, 1.82) is 0 Å². The van der Waals surface area contributed by atoms with Gasteiger partial charge in [0.2, 0.25) is 11.9 Å². The van der Waals surface area contributed by atoms with E-state index >= 15 is 0 Å². The van der Waals surface area contributed by atoms with Gasteiger partial charge in [-0.2, -0.15) is 9.97 Å². The number of alkyl halides is 2. The molecule has 2 aromatic heterocycles. The minimum absolute atomic E-state index is 0.0360. The lowest BCUT2D eigenvalue weighted by Crippen LogP contribution is -2.37. The molecule has 3 aliphatic heterocycles. The fourth-order valence-corrected chi connectivity index (χ4v) is 5.73. The van der Waals surface area contributed by atoms with E-state index in [2.05, 4.69) is 10.3 Å². The zero-order valence-corrected chi connectivity index (χ0v) is 22.5. The van der Waals surface area contributed by atoms with Crippen molar-refractivity contribution in [1.82, 2.24) is 24.4 Å². The molecule has 10 nitrogen and oxygen atoms in total. The number of fused-ring (bicyclic) bond motifs is 1. The number of imidazole rings is 1. The molecule has 0 bridgehead atoms. The summed E-state index contributed by atoms with van der Waals surface area (Å²) in [6.45, 7) is 5.06. The van der Waals surface area contributed by atoms with Crippen molar-refractivity contribution in [2.75, 3.05) is 62.8 Å². The summed E-state index contributed by atoms with van der Waals surface area (Å²) in [6, 6.07) is 8.75. The third-order valence-corrected chi connectivity index (χ3v) is 7.89. The summed E-state index contributed by atoms with van der Waals surface area (Å²) in [6.07, 6.45) is 1.74. The van der Waals surface area contributed by atoms with Crippen LogP contribution in [-0.4, -0.2) is 89.0 Å². The molecule has 6 rings (SSSR count). The fraction of sp³-hybridized carbons (Fsp3) is 0.571. The molecule has 0 aliphatic carbocycles. The molecule has 40 heavy (non-hydrogen) atoms. The van der Waals surface area contributed by atoms with Crippen molar-refractivity contribution >= 4 is 28.7 Å². The van der Waals surface area contributed by atoms with Gasteiger partial charge in [-0.3, -0.25) is 9.36 Å². The van der Waals surface area contributed by atoms with Crippen LogP contribution in [0.1, 0.15) is 44.4 Å². The van der Waals surface area contributed by atoms with Gasteiger partial charge >= 0.3 is 0 Å². The minimum Gasteiger partial charge on any atom is -0.378 e. The van der Waals surface area contributed by atoms with E-state index in [0.717, 1.165) is 38.8 Å². The molecule has 5 heterocycles. The quantitative estimate of drug-likeness (QED) is 0.448. The second-order valence-corrected chi connectivity index (χ2v) is 10.7. The van der Waals surface area contributed by atoms with Gasteiger partial charge in [-0.15, -0.1) is 0 Å². The molecule has 0 saturated carbocycles. The standard InChI is InChI=1S/C28H35F2N7O3/c29-26(30)27-32-21-6-1-2-7-22(21)37(27)24-16-23(33-28(34-24)35-10-13-39-14-11-35)31-17-19-8-9-36(18-19)25(38)15-20-5-3-4-12-40-20/h1-2,6-7,16,19-20,26H,3-5,8-15,17-18H2,(H,31,33,34)/t19-,20?/m1/s1. The zero-order chi connectivity index (χ0) is 27.5. The van der Waals surface area contributed by atoms with Gasteiger partial charge in [0.15, 0.2) is 5.82 Å². The Kier molecular flexibility index (Phi) is 8.05. The van der Waals surface area contributed by atoms with E-state index in [9.17, 15) is 13.6 Å². The summed E-state index contributed by atoms with van der Waals surface area (Å²) in [4.78, 5) is 30.4. The highest BCUT2D eigenvalue weighted by Gasteiger charge is 2.29. The molecule has 0 radical (unpaired) electrons. The Balaban J connectivity index is 1.21. The normalized spacial score (nSPS) is 21.9. The maximum absolute atomic E-state index is 14.1. The number of halogens is 2. The summed E-state index contributed by atoms with van der Waals surface area (Å²) in [5.74, 6) is 1.39. The van der Waals surface area contributed by atoms with Gasteiger partial charge in [-0.05, 0) is 43.7 Å². The largest absolute Gasteiger partial charge is 0.378 e. The molecule has 3 aromatic rings. The monoisotopic (exact) mass is 555 g/mol. The summed E-state index contributed by atoms with van der Waals surface area (Å²) in [5, 5.41) is 3.41. The number of aromatic nitrogens is 4. The van der Waals surface area contributed by atoms with Crippen LogP contribution in [0.4, 0.5) is 20.5 Å². The molecule has 1 unspecified atom stereocenters. The molecule has 214 valence electrons. The Morgan fingerprint density at radius 3 is 2.70 bits per heavy atom. The minimum atomic E-state index is -2.77. The van der Waals surface area contributed by atoms with Crippen molar-refractivity contribution in [2.45, 2.75) is 44.6 Å². The first-order valence-corrected chi connectivity index (χ1v) is 14.2. The van der Waals surface area contributed by atoms with Crippen LogP contribution in [-0.2, 0) is 14.3 Å². The van der Waals surface area contributed by atoms with Gasteiger partial charge in [0.25, 0.3) is 6.43 Å². The summed E-state index contributed by atoms with van der Waals surface area (Å²) in [7, 11) is 0. The number of para-hydroxylation sites is 2. The molecular weight excluding hydrogens is 520 g/mol. The average molecular weight is 556 g/mol. The SMILES string of the molecule is O=C(CC1CCCCO1)N1CC[C@H](CNc2cc(-n3c(C(F)F)nc4ccccc43)nc(N3CCOCC3)n2)C1. The van der Waals surface area contributed by atoms with Gasteiger partial charge in [0, 0.05) is 45.4 Å². The maximum Gasteiger partial charge on any atom is 0.296 e. The van der Waals surface area contributed by atoms with E-state index in [4.69, 9.17) is 19.4 Å². The van der Waals surface area contributed by atoms with E-state index < -0.39 is 6.43 Å². The van der Waals surface area contributed by atoms with Crippen LogP contribution in [0.3, 0.4) is 0 Å². The van der Waals surface area contributed by atoms with Crippen molar-refractivity contribution in [3.8, 4) is 5.82 Å². The van der Waals surface area contributed by atoms with Gasteiger partial charge in [-0.1, -0.05) is 12.1 Å². The molecule has 1 amide bonds. The first-order valence-electron chi connectivity index (χ1n) is 14.2. The van der Waals surface area contributed by atoms with Gasteiger partial charge in [0.05, 0.1) is 36.8 Å². The second-order valence-electron chi connectivity index (χ2n) is 10.7. The second kappa shape index (κ2) is 12.0. The average Bonchev–Trinajstić information content (AvgIpc) is 3.62. The lowest BCUT2D eigenvalue weighted by molar-refractivity contribution is -0.134. The highest BCUT2D eigenvalue weighted by atomic mass is 19.3. The third kappa shape index (κ3) is 5.87. The molecule has 1 aromatic carbocycles. The number of anilines is 2. The predicted molar refractivity (Wildman–Crippen MR) is 146 cm³/mol. The smallest absolute Gasteiger partial charge is 0.296 e. The highest BCUT2D eigenvalue weighted by Crippen LogP contribution is 2.29. The number of amides is 1. The number of carbonyl (C=O) groups excluding carboxylic acids is 1. The van der Waals surface area contributed by atoms with E-state index in [1.807, 2.05) is 9.80 Å². The Bertz CT molecular complexity index is 1320. The fourth-order valence-electron chi connectivity index (χ4n) is 5.73. The van der Waals surface area contributed by atoms with Crippen LogP contribution in [0.25, 0.3) is 16.9 Å². The van der Waals surface area contributed by atoms with Crippen molar-refractivity contribution < 1.29 is 23.0 Å². The molecular formula is C28H35F2N7O3. The third-order valence-electron chi connectivity index (χ3n) is 7.89. The lowest BCUT2D eigenvalue weighted by atomic mass is 10.1. The van der Waals surface area contributed by atoms with E-state index in [0.29, 0.717) is 74.4 Å². The van der Waals surface area contributed by atoms with Crippen molar-refractivity contribution in [2.24, 2.45) is 5.92 Å². The van der Waals surface area contributed by atoms with Gasteiger partial charge < -0.3 is 24.6 Å². The first kappa shape index (κ1) is 26.8. The number of rotatable bonds is 8. The van der Waals surface area contributed by atoms with Crippen LogP contribution in [0.15, 0.2) is 30.3 Å². The summed E-state index contributed by atoms with van der Waals surface area (Å²) >= 11 is 0. The Hall–Kier alpha value is -3.38. The molecule has 1 N–H and O–H groups in total. The van der Waals surface area contributed by atoms with E-state index in [1.54, 1.807) is 30.3 Å². The van der Waals surface area contributed by atoms with Crippen LogP contribution in [0.5, 0.6) is 0 Å². The number of carbonyl (C=O) groups is 1. The van der Waals surface area contributed by atoms with Crippen LogP contribution < -0.4 is 10.2 Å². The number of hydrogen-bond acceptors (Lipinski definition) is 8. The summed E-state index contributed by atoms with van der Waals surface area (Å²) in [5.41, 5.74) is 1.04. The molecule has 0 spiro atoms. The van der Waals surface area contributed by atoms with Crippen LogP contribution in [0.2, 0.25) is 0 Å². The molecule has 2 atom stereocenters. The molecule has 12 heteroatoms. The van der Waals surface area contributed by atoms with E-state index in [1.165, 1.54) is 4.57 Å². The molecule has 3 aliphatic rings. The van der Waals surface area contributed by atoms with Gasteiger partial charge in [-0.25, -0.2) is 13.8 Å². The lowest BCUT2D eigenvalue weighted by Gasteiger charge is -2.27. The number of likely N-dealkylation sites (tertiary alicyclic amines) is 1. The predicted octanol–water partition coefficient (Wildman–Crippen LogP) is 3.81. The van der Waals surface area contributed by atoms with Crippen molar-refractivity contribution in [3.63, 3.8) is 0 Å². The Labute approximate surface area is 231 Å². The molecule has 3 fully saturated rings. The highest BCUT2D eigenvalue weighted by molar-refractivity contribution is 5.78. The number of ether oxygens (including phenoxy) is 2. The Morgan fingerprint density at radius 1 is 1.05 bits per heavy atom. The first-order chi connectivity index (χ1) is 19.5. The van der Waals surface area contributed by atoms with Gasteiger partial charge in [0.1, 0.15) is 11.6 Å². The van der Waals surface area contributed by atoms with Crippen LogP contribution in [0, 0.1) is 5.92 Å². The number of morpholine rings is 1. The van der Waals surface area contributed by atoms with Crippen molar-refractivity contribution in [3.05, 3.63) is 36.2 Å². The topological polar surface area (TPSA) is 97.6 Å². The number of nitrogens with one attached hydrogen (secondary N) is 1. The molecule has 3 saturated heterocycles. The van der Waals surface area contributed by atoms with Crippen LogP contribution >= 0.6 is 0 Å². The summed E-state index contributed by atoms with van der Waals surface area (Å²) < 4.78 is 40.9. The zero-order valence-electron chi connectivity index (χ0n) is 22.5. The maximum atomic E-state index is 14.1. The van der Waals surface area contributed by atoms with E-state index in [-0.39, 0.29) is 23.8 Å². The Morgan fingerprint density at radius 2 is 1.90 bits per heavy atom. The number of benzene rings is 1.